The predicted molar refractivity (Wildman–Crippen MR) is 85.6 cm³/mol. The Morgan fingerprint density at radius 1 is 1.32 bits per heavy atom. The fourth-order valence-electron chi connectivity index (χ4n) is 3.23. The molecule has 22 heavy (non-hydrogen) atoms. The van der Waals surface area contributed by atoms with E-state index in [1.54, 1.807) is 12.4 Å². The molecule has 6 nitrogen and oxygen atoms in total. The average molecular weight is 369 g/mol. The Morgan fingerprint density at radius 2 is 2.09 bits per heavy atom. The number of halogens is 1. The summed E-state index contributed by atoms with van der Waals surface area (Å²) in [6, 6.07) is 0.480. The van der Waals surface area contributed by atoms with Crippen LogP contribution in [-0.4, -0.2) is 65.0 Å². The molecule has 120 valence electrons. The molecule has 0 radical (unpaired) electrons. The van der Waals surface area contributed by atoms with Crippen LogP contribution in [0.15, 0.2) is 16.9 Å². The Balaban J connectivity index is 1.52. The quantitative estimate of drug-likeness (QED) is 0.806. The number of ether oxygens (including phenoxy) is 1. The molecule has 2 unspecified atom stereocenters. The summed E-state index contributed by atoms with van der Waals surface area (Å²) in [5.74, 6) is 0.692. The van der Waals surface area contributed by atoms with E-state index in [0.29, 0.717) is 18.5 Å². The second-order valence-electron chi connectivity index (χ2n) is 6.06. The van der Waals surface area contributed by atoms with Gasteiger partial charge in [-0.2, -0.15) is 0 Å². The molecule has 0 bridgehead atoms. The van der Waals surface area contributed by atoms with Gasteiger partial charge in [0.25, 0.3) is 0 Å². The third-order valence-corrected chi connectivity index (χ3v) is 4.84. The van der Waals surface area contributed by atoms with E-state index in [0.717, 1.165) is 43.4 Å². The first-order chi connectivity index (χ1) is 10.6. The summed E-state index contributed by atoms with van der Waals surface area (Å²) in [6.45, 7) is 3.40. The normalized spacial score (nSPS) is 26.5. The van der Waals surface area contributed by atoms with Crippen molar-refractivity contribution < 1.29 is 9.53 Å². The van der Waals surface area contributed by atoms with Crippen LogP contribution in [0.1, 0.15) is 19.3 Å². The zero-order valence-corrected chi connectivity index (χ0v) is 14.3. The van der Waals surface area contributed by atoms with Crippen LogP contribution >= 0.6 is 15.9 Å². The summed E-state index contributed by atoms with van der Waals surface area (Å²) in [5, 5.41) is 0. The largest absolute Gasteiger partial charge is 0.463 e. The average Bonchev–Trinajstić information content (AvgIpc) is 2.87. The smallest absolute Gasteiger partial charge is 0.316 e. The number of rotatable bonds is 4. The summed E-state index contributed by atoms with van der Waals surface area (Å²) in [4.78, 5) is 24.6. The minimum absolute atomic E-state index is 0.0664. The van der Waals surface area contributed by atoms with Crippen molar-refractivity contribution in [3.63, 3.8) is 0 Å². The first kappa shape index (κ1) is 15.7. The Kier molecular flexibility index (Phi) is 4.93. The van der Waals surface area contributed by atoms with E-state index < -0.39 is 0 Å². The molecule has 0 aromatic carbocycles. The molecule has 1 amide bonds. The van der Waals surface area contributed by atoms with Gasteiger partial charge in [-0.3, -0.25) is 9.69 Å². The molecule has 2 saturated heterocycles. The van der Waals surface area contributed by atoms with Crippen LogP contribution in [0.3, 0.4) is 0 Å². The Bertz CT molecular complexity index is 525. The number of hydrogen-bond donors (Lipinski definition) is 0. The highest BCUT2D eigenvalue weighted by molar-refractivity contribution is 9.10. The number of amides is 1. The van der Waals surface area contributed by atoms with E-state index in [2.05, 4.69) is 30.8 Å². The Hall–Kier alpha value is -1.21. The van der Waals surface area contributed by atoms with E-state index in [9.17, 15) is 4.79 Å². The number of aromatic nitrogens is 2. The molecule has 0 N–H and O–H groups in total. The molecule has 3 heterocycles. The van der Waals surface area contributed by atoms with Crippen molar-refractivity contribution in [2.45, 2.75) is 25.3 Å². The maximum atomic E-state index is 12.2. The number of piperidine rings is 1. The Morgan fingerprint density at radius 3 is 2.77 bits per heavy atom. The summed E-state index contributed by atoms with van der Waals surface area (Å²) < 4.78 is 6.53. The van der Waals surface area contributed by atoms with Gasteiger partial charge in [0.05, 0.1) is 17.1 Å². The molecule has 1 aromatic heterocycles. The summed E-state index contributed by atoms with van der Waals surface area (Å²) in [5.41, 5.74) is 0. The number of carbonyl (C=O) groups excluding carboxylic acids is 1. The molecule has 1 aromatic rings. The first-order valence-corrected chi connectivity index (χ1v) is 8.52. The SMILES string of the molecule is CN1CCC(N2CCCC(COc3ncc(Br)cn3)C2)C1=O. The lowest BCUT2D eigenvalue weighted by molar-refractivity contribution is -0.131. The summed E-state index contributed by atoms with van der Waals surface area (Å²) in [7, 11) is 1.89. The maximum absolute atomic E-state index is 12.2. The molecule has 2 aliphatic heterocycles. The van der Waals surface area contributed by atoms with Crippen molar-refractivity contribution in [1.82, 2.24) is 19.8 Å². The van der Waals surface area contributed by atoms with Gasteiger partial charge in [-0.05, 0) is 41.7 Å². The molecule has 0 saturated carbocycles. The fraction of sp³-hybridized carbons (Fsp3) is 0.667. The van der Waals surface area contributed by atoms with Crippen molar-refractivity contribution in [2.24, 2.45) is 5.92 Å². The van der Waals surface area contributed by atoms with Gasteiger partial charge in [0.1, 0.15) is 0 Å². The molecular weight excluding hydrogens is 348 g/mol. The van der Waals surface area contributed by atoms with Gasteiger partial charge in [0.15, 0.2) is 0 Å². The molecule has 2 atom stereocenters. The fourth-order valence-corrected chi connectivity index (χ4v) is 3.43. The summed E-state index contributed by atoms with van der Waals surface area (Å²) >= 11 is 3.31. The Labute approximate surface area is 139 Å². The molecule has 3 rings (SSSR count). The summed E-state index contributed by atoms with van der Waals surface area (Å²) in [6.07, 6.45) is 6.55. The van der Waals surface area contributed by atoms with Crippen LogP contribution in [-0.2, 0) is 4.79 Å². The highest BCUT2D eigenvalue weighted by Crippen LogP contribution is 2.24. The highest BCUT2D eigenvalue weighted by atomic mass is 79.9. The lowest BCUT2D eigenvalue weighted by Gasteiger charge is -2.35. The van der Waals surface area contributed by atoms with Gasteiger partial charge in [-0.25, -0.2) is 9.97 Å². The van der Waals surface area contributed by atoms with Gasteiger partial charge in [-0.15, -0.1) is 0 Å². The first-order valence-electron chi connectivity index (χ1n) is 7.73. The van der Waals surface area contributed by atoms with Gasteiger partial charge < -0.3 is 9.64 Å². The van der Waals surface area contributed by atoms with Gasteiger partial charge >= 0.3 is 6.01 Å². The third kappa shape index (κ3) is 3.57. The topological polar surface area (TPSA) is 58.6 Å². The zero-order chi connectivity index (χ0) is 15.5. The minimum atomic E-state index is 0.0664. The van der Waals surface area contributed by atoms with E-state index in [-0.39, 0.29) is 11.9 Å². The number of hydrogen-bond acceptors (Lipinski definition) is 5. The second-order valence-corrected chi connectivity index (χ2v) is 6.98. The zero-order valence-electron chi connectivity index (χ0n) is 12.7. The van der Waals surface area contributed by atoms with Crippen LogP contribution in [0.2, 0.25) is 0 Å². The van der Waals surface area contributed by atoms with Gasteiger partial charge in [-0.1, -0.05) is 0 Å². The van der Waals surface area contributed by atoms with E-state index >= 15 is 0 Å². The standard InChI is InChI=1S/C15H21BrN4O2/c1-19-6-4-13(14(19)21)20-5-2-3-11(9-20)10-22-15-17-7-12(16)8-18-15/h7-8,11,13H,2-6,9-10H2,1H3. The van der Waals surface area contributed by atoms with Crippen molar-refractivity contribution in [3.8, 4) is 6.01 Å². The molecule has 2 aliphatic rings. The molecular formula is C15H21BrN4O2. The molecule has 2 fully saturated rings. The molecule has 7 heteroatoms. The van der Waals surface area contributed by atoms with E-state index in [1.807, 2.05) is 11.9 Å². The maximum Gasteiger partial charge on any atom is 0.316 e. The second kappa shape index (κ2) is 6.91. The van der Waals surface area contributed by atoms with E-state index in [4.69, 9.17) is 4.74 Å². The number of likely N-dealkylation sites (N-methyl/N-ethyl adjacent to an activating group) is 1. The van der Waals surface area contributed by atoms with Crippen molar-refractivity contribution in [2.75, 3.05) is 33.3 Å². The third-order valence-electron chi connectivity index (χ3n) is 4.44. The molecule has 0 spiro atoms. The van der Waals surface area contributed by atoms with Crippen LogP contribution in [0.25, 0.3) is 0 Å². The van der Waals surface area contributed by atoms with E-state index in [1.165, 1.54) is 0 Å². The lowest BCUT2D eigenvalue weighted by atomic mass is 9.97. The monoisotopic (exact) mass is 368 g/mol. The lowest BCUT2D eigenvalue weighted by Crippen LogP contribution is -2.47. The number of carbonyl (C=O) groups is 1. The van der Waals surface area contributed by atoms with Gasteiger partial charge in [0, 0.05) is 38.4 Å². The van der Waals surface area contributed by atoms with Crippen molar-refractivity contribution >= 4 is 21.8 Å². The number of nitrogens with zero attached hydrogens (tertiary/aromatic N) is 4. The van der Waals surface area contributed by atoms with Crippen LogP contribution in [0.5, 0.6) is 6.01 Å². The van der Waals surface area contributed by atoms with Crippen LogP contribution < -0.4 is 4.74 Å². The van der Waals surface area contributed by atoms with Crippen LogP contribution in [0, 0.1) is 5.92 Å². The highest BCUT2D eigenvalue weighted by Gasteiger charge is 2.36. The number of likely N-dealkylation sites (tertiary alicyclic amines) is 2. The predicted octanol–water partition coefficient (Wildman–Crippen LogP) is 1.56. The van der Waals surface area contributed by atoms with Crippen molar-refractivity contribution in [3.05, 3.63) is 16.9 Å². The van der Waals surface area contributed by atoms with Crippen molar-refractivity contribution in [1.29, 1.82) is 0 Å². The van der Waals surface area contributed by atoms with Crippen LogP contribution in [0.4, 0.5) is 0 Å². The molecule has 0 aliphatic carbocycles. The van der Waals surface area contributed by atoms with Gasteiger partial charge in [0.2, 0.25) is 5.91 Å². The minimum Gasteiger partial charge on any atom is -0.463 e.